The van der Waals surface area contributed by atoms with Crippen LogP contribution in [-0.2, 0) is 0 Å². The molecule has 1 nitrogen and oxygen atoms in total. The Morgan fingerprint density at radius 3 is 2.43 bits per heavy atom. The minimum atomic E-state index is 0.0557. The topological polar surface area (TPSA) is 17.1 Å². The van der Waals surface area contributed by atoms with E-state index < -0.39 is 0 Å². The molecule has 1 fully saturated rings. The Hall–Kier alpha value is -1.67. The summed E-state index contributed by atoms with van der Waals surface area (Å²) < 4.78 is 1.02. The average molecular weight is 369 g/mol. The van der Waals surface area contributed by atoms with Crippen molar-refractivity contribution in [2.24, 2.45) is 0 Å². The summed E-state index contributed by atoms with van der Waals surface area (Å²) in [5.41, 5.74) is 3.17. The second kappa shape index (κ2) is 7.74. The third kappa shape index (κ3) is 4.42. The van der Waals surface area contributed by atoms with Gasteiger partial charge in [-0.2, -0.15) is 0 Å². The lowest BCUT2D eigenvalue weighted by Gasteiger charge is -2.21. The lowest BCUT2D eigenvalue weighted by molar-refractivity contribution is 0.104. The van der Waals surface area contributed by atoms with E-state index >= 15 is 0 Å². The van der Waals surface area contributed by atoms with Crippen LogP contribution >= 0.6 is 15.9 Å². The first-order valence-corrected chi connectivity index (χ1v) is 9.09. The number of hydrogen-bond donors (Lipinski definition) is 0. The van der Waals surface area contributed by atoms with Gasteiger partial charge in [-0.15, -0.1) is 0 Å². The highest BCUT2D eigenvalue weighted by atomic mass is 79.9. The van der Waals surface area contributed by atoms with Crippen LogP contribution in [0.4, 0.5) is 0 Å². The summed E-state index contributed by atoms with van der Waals surface area (Å²) >= 11 is 3.44. The van der Waals surface area contributed by atoms with E-state index in [1.165, 1.54) is 37.7 Å². The van der Waals surface area contributed by atoms with Crippen LogP contribution < -0.4 is 0 Å². The number of allylic oxidation sites excluding steroid dienone is 1. The quantitative estimate of drug-likeness (QED) is 0.451. The molecule has 1 aliphatic rings. The third-order valence-electron chi connectivity index (χ3n) is 4.55. The van der Waals surface area contributed by atoms with Gasteiger partial charge in [0.05, 0.1) is 0 Å². The zero-order chi connectivity index (χ0) is 16.1. The minimum Gasteiger partial charge on any atom is -0.289 e. The molecule has 2 aromatic carbocycles. The van der Waals surface area contributed by atoms with Crippen LogP contribution in [0.3, 0.4) is 0 Å². The molecule has 2 aromatic rings. The largest absolute Gasteiger partial charge is 0.289 e. The third-order valence-corrected chi connectivity index (χ3v) is 5.04. The van der Waals surface area contributed by atoms with Gasteiger partial charge in [0.25, 0.3) is 0 Å². The molecule has 1 aliphatic carbocycles. The molecule has 2 heteroatoms. The Kier molecular flexibility index (Phi) is 5.45. The van der Waals surface area contributed by atoms with Gasteiger partial charge in [0.15, 0.2) is 5.78 Å². The van der Waals surface area contributed by atoms with Gasteiger partial charge < -0.3 is 0 Å². The highest BCUT2D eigenvalue weighted by Gasteiger charge is 2.15. The molecule has 0 spiro atoms. The SMILES string of the molecule is O=C(/C=C/c1cccc(Br)c1)c1ccc(C2CCCCC2)cc1. The van der Waals surface area contributed by atoms with Crippen molar-refractivity contribution in [2.75, 3.05) is 0 Å². The lowest BCUT2D eigenvalue weighted by Crippen LogP contribution is -2.04. The maximum Gasteiger partial charge on any atom is 0.185 e. The molecule has 0 saturated heterocycles. The monoisotopic (exact) mass is 368 g/mol. The maximum atomic E-state index is 12.3. The van der Waals surface area contributed by atoms with Gasteiger partial charge in [-0.25, -0.2) is 0 Å². The van der Waals surface area contributed by atoms with Gasteiger partial charge >= 0.3 is 0 Å². The first kappa shape index (κ1) is 16.2. The maximum absolute atomic E-state index is 12.3. The van der Waals surface area contributed by atoms with Crippen LogP contribution in [0.15, 0.2) is 59.1 Å². The molecule has 1 saturated carbocycles. The fourth-order valence-electron chi connectivity index (χ4n) is 3.23. The summed E-state index contributed by atoms with van der Waals surface area (Å²) in [5.74, 6) is 0.741. The van der Waals surface area contributed by atoms with Crippen LogP contribution in [-0.4, -0.2) is 5.78 Å². The van der Waals surface area contributed by atoms with Gasteiger partial charge in [-0.05, 0) is 48.1 Å². The molecule has 0 atom stereocenters. The van der Waals surface area contributed by atoms with Crippen molar-refractivity contribution in [1.29, 1.82) is 0 Å². The summed E-state index contributed by atoms with van der Waals surface area (Å²) in [4.78, 5) is 12.3. The van der Waals surface area contributed by atoms with E-state index in [0.29, 0.717) is 5.92 Å². The first-order chi connectivity index (χ1) is 11.2. The van der Waals surface area contributed by atoms with Crippen molar-refractivity contribution < 1.29 is 4.79 Å². The fourth-order valence-corrected chi connectivity index (χ4v) is 3.65. The number of rotatable bonds is 4. The Morgan fingerprint density at radius 2 is 1.74 bits per heavy atom. The predicted molar refractivity (Wildman–Crippen MR) is 99.8 cm³/mol. The zero-order valence-electron chi connectivity index (χ0n) is 13.2. The Morgan fingerprint density at radius 1 is 1.00 bits per heavy atom. The number of ketones is 1. The summed E-state index contributed by atoms with van der Waals surface area (Å²) in [6, 6.07) is 16.1. The summed E-state index contributed by atoms with van der Waals surface area (Å²) in [5, 5.41) is 0. The fraction of sp³-hybridized carbons (Fsp3) is 0.286. The molecular formula is C21H21BrO. The van der Waals surface area contributed by atoms with Crippen LogP contribution in [0.25, 0.3) is 6.08 Å². The van der Waals surface area contributed by atoms with Crippen molar-refractivity contribution in [3.05, 3.63) is 75.8 Å². The van der Waals surface area contributed by atoms with Crippen LogP contribution in [0.1, 0.15) is 59.5 Å². The molecular weight excluding hydrogens is 348 g/mol. The summed E-state index contributed by atoms with van der Waals surface area (Å²) in [6.07, 6.45) is 10.1. The number of carbonyl (C=O) groups excluding carboxylic acids is 1. The van der Waals surface area contributed by atoms with Crippen LogP contribution in [0.5, 0.6) is 0 Å². The number of carbonyl (C=O) groups is 1. The molecule has 0 aromatic heterocycles. The predicted octanol–water partition coefficient (Wildman–Crippen LogP) is 6.39. The highest BCUT2D eigenvalue weighted by molar-refractivity contribution is 9.10. The Balaban J connectivity index is 1.67. The van der Waals surface area contributed by atoms with Crippen molar-refractivity contribution in [1.82, 2.24) is 0 Å². The molecule has 3 rings (SSSR count). The van der Waals surface area contributed by atoms with E-state index in [1.54, 1.807) is 6.08 Å². The van der Waals surface area contributed by atoms with E-state index in [1.807, 2.05) is 42.5 Å². The standard InChI is InChI=1S/C21H21BrO/c22-20-8-4-5-16(15-20)9-14-21(23)19-12-10-18(11-13-19)17-6-2-1-3-7-17/h4-5,8-15,17H,1-3,6-7H2/b14-9+. The second-order valence-corrected chi connectivity index (χ2v) is 7.13. The smallest absolute Gasteiger partial charge is 0.185 e. The molecule has 0 radical (unpaired) electrons. The second-order valence-electron chi connectivity index (χ2n) is 6.21. The zero-order valence-corrected chi connectivity index (χ0v) is 14.8. The van der Waals surface area contributed by atoms with Crippen LogP contribution in [0.2, 0.25) is 0 Å². The van der Waals surface area contributed by atoms with Crippen LogP contribution in [0, 0.1) is 0 Å². The summed E-state index contributed by atoms with van der Waals surface area (Å²) in [7, 11) is 0. The van der Waals surface area contributed by atoms with E-state index in [2.05, 4.69) is 28.1 Å². The van der Waals surface area contributed by atoms with Gasteiger partial charge in [-0.1, -0.05) is 77.7 Å². The van der Waals surface area contributed by atoms with Gasteiger partial charge in [0.1, 0.15) is 0 Å². The van der Waals surface area contributed by atoms with Crippen molar-refractivity contribution in [3.8, 4) is 0 Å². The molecule has 0 N–H and O–H groups in total. The molecule has 118 valence electrons. The molecule has 23 heavy (non-hydrogen) atoms. The molecule has 0 aliphatic heterocycles. The molecule has 0 amide bonds. The van der Waals surface area contributed by atoms with E-state index in [4.69, 9.17) is 0 Å². The van der Waals surface area contributed by atoms with Crippen molar-refractivity contribution in [3.63, 3.8) is 0 Å². The number of benzene rings is 2. The lowest BCUT2D eigenvalue weighted by atomic mass is 9.84. The average Bonchev–Trinajstić information content (AvgIpc) is 2.61. The van der Waals surface area contributed by atoms with Crippen molar-refractivity contribution >= 4 is 27.8 Å². The molecule has 0 heterocycles. The van der Waals surface area contributed by atoms with E-state index in [9.17, 15) is 4.79 Å². The Bertz CT molecular complexity index is 694. The van der Waals surface area contributed by atoms with Gasteiger partial charge in [0.2, 0.25) is 0 Å². The Labute approximate surface area is 146 Å². The van der Waals surface area contributed by atoms with Gasteiger partial charge in [0, 0.05) is 10.0 Å². The summed E-state index contributed by atoms with van der Waals surface area (Å²) in [6.45, 7) is 0. The van der Waals surface area contributed by atoms with Gasteiger partial charge in [-0.3, -0.25) is 4.79 Å². The number of halogens is 1. The van der Waals surface area contributed by atoms with E-state index in [-0.39, 0.29) is 5.78 Å². The first-order valence-electron chi connectivity index (χ1n) is 8.30. The number of hydrogen-bond acceptors (Lipinski definition) is 1. The van der Waals surface area contributed by atoms with E-state index in [0.717, 1.165) is 15.6 Å². The normalized spacial score (nSPS) is 15.9. The van der Waals surface area contributed by atoms with Crippen molar-refractivity contribution in [2.45, 2.75) is 38.0 Å². The molecule has 0 unspecified atom stereocenters. The highest BCUT2D eigenvalue weighted by Crippen LogP contribution is 2.32. The minimum absolute atomic E-state index is 0.0557. The molecule has 0 bridgehead atoms.